The maximum absolute atomic E-state index is 12.4. The molecule has 5 nitrogen and oxygen atoms in total. The van der Waals surface area contributed by atoms with E-state index in [1.165, 1.54) is 0 Å². The SMILES string of the molecule is O=C(Cc1cnc2ccccc2c1)Nc1ccc(OCc2cccnc2)c(Cl)c1. The van der Waals surface area contributed by atoms with Crippen molar-refractivity contribution in [1.82, 2.24) is 9.97 Å². The quantitative estimate of drug-likeness (QED) is 0.489. The van der Waals surface area contributed by atoms with Crippen molar-refractivity contribution < 1.29 is 9.53 Å². The molecule has 0 aliphatic carbocycles. The summed E-state index contributed by atoms with van der Waals surface area (Å²) in [4.78, 5) is 20.8. The minimum absolute atomic E-state index is 0.137. The number of halogens is 1. The number of nitrogens with zero attached hydrogens (tertiary/aromatic N) is 2. The summed E-state index contributed by atoms with van der Waals surface area (Å²) in [6.45, 7) is 0.369. The van der Waals surface area contributed by atoms with Crippen LogP contribution >= 0.6 is 11.6 Å². The Balaban J connectivity index is 1.38. The summed E-state index contributed by atoms with van der Waals surface area (Å²) >= 11 is 6.30. The molecule has 0 spiro atoms. The lowest BCUT2D eigenvalue weighted by Gasteiger charge is -2.11. The van der Waals surface area contributed by atoms with Crippen molar-refractivity contribution in [3.8, 4) is 5.75 Å². The van der Waals surface area contributed by atoms with Crippen LogP contribution in [0.1, 0.15) is 11.1 Å². The predicted molar refractivity (Wildman–Crippen MR) is 114 cm³/mol. The number of rotatable bonds is 6. The van der Waals surface area contributed by atoms with Crippen LogP contribution in [0.2, 0.25) is 5.02 Å². The lowest BCUT2D eigenvalue weighted by Crippen LogP contribution is -2.14. The van der Waals surface area contributed by atoms with Gasteiger partial charge >= 0.3 is 0 Å². The molecule has 1 amide bonds. The van der Waals surface area contributed by atoms with Crippen LogP contribution in [0.3, 0.4) is 0 Å². The maximum Gasteiger partial charge on any atom is 0.228 e. The van der Waals surface area contributed by atoms with E-state index in [0.717, 1.165) is 22.0 Å². The number of nitrogens with one attached hydrogen (secondary N) is 1. The topological polar surface area (TPSA) is 64.1 Å². The first-order chi connectivity index (χ1) is 14.2. The van der Waals surface area contributed by atoms with E-state index in [-0.39, 0.29) is 12.3 Å². The van der Waals surface area contributed by atoms with E-state index in [4.69, 9.17) is 16.3 Å². The first-order valence-corrected chi connectivity index (χ1v) is 9.50. The molecule has 2 heterocycles. The van der Waals surface area contributed by atoms with E-state index in [9.17, 15) is 4.79 Å². The van der Waals surface area contributed by atoms with Gasteiger partial charge in [0, 0.05) is 35.2 Å². The number of benzene rings is 2. The Bertz CT molecular complexity index is 1150. The Labute approximate surface area is 173 Å². The lowest BCUT2D eigenvalue weighted by molar-refractivity contribution is -0.115. The van der Waals surface area contributed by atoms with Gasteiger partial charge in [0.2, 0.25) is 5.91 Å². The summed E-state index contributed by atoms with van der Waals surface area (Å²) < 4.78 is 5.73. The monoisotopic (exact) mass is 403 g/mol. The van der Waals surface area contributed by atoms with Gasteiger partial charge in [0.1, 0.15) is 12.4 Å². The molecule has 4 rings (SSSR count). The van der Waals surface area contributed by atoms with E-state index in [2.05, 4.69) is 15.3 Å². The van der Waals surface area contributed by atoms with Gasteiger partial charge in [0.25, 0.3) is 0 Å². The molecule has 6 heteroatoms. The molecule has 0 atom stereocenters. The molecule has 144 valence electrons. The molecular weight excluding hydrogens is 386 g/mol. The number of carbonyl (C=O) groups is 1. The fourth-order valence-electron chi connectivity index (χ4n) is 2.94. The summed E-state index contributed by atoms with van der Waals surface area (Å²) in [7, 11) is 0. The summed E-state index contributed by atoms with van der Waals surface area (Å²) in [5, 5.41) is 4.30. The smallest absolute Gasteiger partial charge is 0.228 e. The average molecular weight is 404 g/mol. The number of ether oxygens (including phenoxy) is 1. The molecule has 0 saturated carbocycles. The molecule has 1 N–H and O–H groups in total. The van der Waals surface area contributed by atoms with Crippen LogP contribution in [0.25, 0.3) is 10.9 Å². The molecule has 29 heavy (non-hydrogen) atoms. The molecule has 0 unspecified atom stereocenters. The first kappa shape index (κ1) is 18.9. The highest BCUT2D eigenvalue weighted by Crippen LogP contribution is 2.28. The number of aromatic nitrogens is 2. The lowest BCUT2D eigenvalue weighted by atomic mass is 10.1. The summed E-state index contributed by atoms with van der Waals surface area (Å²) in [5.74, 6) is 0.412. The Morgan fingerprint density at radius 3 is 2.72 bits per heavy atom. The Morgan fingerprint density at radius 1 is 1.00 bits per heavy atom. The second-order valence-electron chi connectivity index (χ2n) is 6.56. The molecule has 2 aromatic carbocycles. The minimum atomic E-state index is -0.137. The van der Waals surface area contributed by atoms with Crippen molar-refractivity contribution in [2.45, 2.75) is 13.0 Å². The maximum atomic E-state index is 12.4. The number of amides is 1. The van der Waals surface area contributed by atoms with E-state index in [1.807, 2.05) is 42.5 Å². The molecule has 0 aliphatic heterocycles. The summed E-state index contributed by atoms with van der Waals surface area (Å²) in [6.07, 6.45) is 5.41. The second-order valence-corrected chi connectivity index (χ2v) is 6.96. The van der Waals surface area contributed by atoms with Crippen LogP contribution in [0.15, 0.2) is 79.3 Å². The van der Waals surface area contributed by atoms with E-state index >= 15 is 0 Å². The van der Waals surface area contributed by atoms with Crippen molar-refractivity contribution in [2.24, 2.45) is 0 Å². The third-order valence-corrected chi connectivity index (χ3v) is 4.64. The fraction of sp³-hybridized carbons (Fsp3) is 0.0870. The van der Waals surface area contributed by atoms with Crippen molar-refractivity contribution in [3.63, 3.8) is 0 Å². The molecule has 2 aromatic heterocycles. The van der Waals surface area contributed by atoms with Crippen molar-refractivity contribution in [1.29, 1.82) is 0 Å². The highest BCUT2D eigenvalue weighted by Gasteiger charge is 2.09. The number of anilines is 1. The molecular formula is C23H18ClN3O2. The van der Waals surface area contributed by atoms with Crippen molar-refractivity contribution >= 4 is 34.1 Å². The molecule has 0 fully saturated rings. The fourth-order valence-corrected chi connectivity index (χ4v) is 3.18. The van der Waals surface area contributed by atoms with Gasteiger partial charge in [-0.05, 0) is 42.0 Å². The Hall–Kier alpha value is -3.44. The highest BCUT2D eigenvalue weighted by molar-refractivity contribution is 6.32. The van der Waals surface area contributed by atoms with E-state index in [1.54, 1.807) is 36.8 Å². The van der Waals surface area contributed by atoms with Gasteiger partial charge in [-0.3, -0.25) is 14.8 Å². The van der Waals surface area contributed by atoms with E-state index in [0.29, 0.717) is 23.1 Å². The van der Waals surface area contributed by atoms with Crippen LogP contribution in [-0.4, -0.2) is 15.9 Å². The summed E-state index contributed by atoms with van der Waals surface area (Å²) in [6, 6.07) is 18.8. The molecule has 0 radical (unpaired) electrons. The molecule has 0 aliphatic rings. The Kier molecular flexibility index (Phi) is 5.68. The van der Waals surface area contributed by atoms with Gasteiger partial charge in [-0.25, -0.2) is 0 Å². The number of fused-ring (bicyclic) bond motifs is 1. The number of hydrogen-bond donors (Lipinski definition) is 1. The molecule has 0 bridgehead atoms. The zero-order valence-corrected chi connectivity index (χ0v) is 16.3. The number of carbonyl (C=O) groups excluding carboxylic acids is 1. The molecule has 0 saturated heterocycles. The third-order valence-electron chi connectivity index (χ3n) is 4.34. The average Bonchev–Trinajstić information content (AvgIpc) is 2.74. The normalized spacial score (nSPS) is 10.7. The van der Waals surface area contributed by atoms with E-state index < -0.39 is 0 Å². The highest BCUT2D eigenvalue weighted by atomic mass is 35.5. The van der Waals surface area contributed by atoms with Gasteiger partial charge in [0.05, 0.1) is 17.0 Å². The van der Waals surface area contributed by atoms with Gasteiger partial charge < -0.3 is 10.1 Å². The van der Waals surface area contributed by atoms with Crippen LogP contribution in [0.4, 0.5) is 5.69 Å². The zero-order chi connectivity index (χ0) is 20.1. The third kappa shape index (κ3) is 4.89. The van der Waals surface area contributed by atoms with Crippen LogP contribution < -0.4 is 10.1 Å². The zero-order valence-electron chi connectivity index (χ0n) is 15.5. The molecule has 4 aromatic rings. The van der Waals surface area contributed by atoms with Crippen LogP contribution in [0.5, 0.6) is 5.75 Å². The van der Waals surface area contributed by atoms with Gasteiger partial charge in [-0.2, -0.15) is 0 Å². The number of para-hydroxylation sites is 1. The van der Waals surface area contributed by atoms with Crippen molar-refractivity contribution in [3.05, 3.63) is 95.4 Å². The predicted octanol–water partition coefficient (Wildman–Crippen LogP) is 5.04. The van der Waals surface area contributed by atoms with Crippen molar-refractivity contribution in [2.75, 3.05) is 5.32 Å². The van der Waals surface area contributed by atoms with Gasteiger partial charge in [-0.15, -0.1) is 0 Å². The summed E-state index contributed by atoms with van der Waals surface area (Å²) in [5.41, 5.74) is 3.32. The Morgan fingerprint density at radius 2 is 1.90 bits per heavy atom. The van der Waals surface area contributed by atoms with Gasteiger partial charge in [-0.1, -0.05) is 35.9 Å². The largest absolute Gasteiger partial charge is 0.487 e. The second kappa shape index (κ2) is 8.71. The minimum Gasteiger partial charge on any atom is -0.487 e. The van der Waals surface area contributed by atoms with Crippen LogP contribution in [-0.2, 0) is 17.8 Å². The number of hydrogen-bond acceptors (Lipinski definition) is 4. The number of pyridine rings is 2. The van der Waals surface area contributed by atoms with Gasteiger partial charge in [0.15, 0.2) is 0 Å². The first-order valence-electron chi connectivity index (χ1n) is 9.12. The van der Waals surface area contributed by atoms with Crippen LogP contribution in [0, 0.1) is 0 Å². The standard InChI is InChI=1S/C23H18ClN3O2/c24-20-12-19(7-8-22(20)29-15-16-4-3-9-25-13-16)27-23(28)11-17-10-18-5-1-2-6-21(18)26-14-17/h1-10,12-14H,11,15H2,(H,27,28).